The summed E-state index contributed by atoms with van der Waals surface area (Å²) in [6, 6.07) is 7.45. The molecule has 0 fully saturated rings. The van der Waals surface area contributed by atoms with E-state index in [1.54, 1.807) is 6.07 Å². The average Bonchev–Trinajstić information content (AvgIpc) is 3.15. The molecule has 154 valence electrons. The SMILES string of the molecule is O=C(CN1CCc2nc(NC(=O)c3cnccn3)sc2C1)NCc1ccccc1Cl. The van der Waals surface area contributed by atoms with Crippen molar-refractivity contribution in [1.82, 2.24) is 25.2 Å². The molecular formula is C20H19ClN6O2S. The van der Waals surface area contributed by atoms with E-state index < -0.39 is 0 Å². The van der Waals surface area contributed by atoms with Gasteiger partial charge >= 0.3 is 0 Å². The fraction of sp³-hybridized carbons (Fsp3) is 0.250. The number of rotatable bonds is 6. The molecule has 3 heterocycles. The molecule has 1 aromatic carbocycles. The van der Waals surface area contributed by atoms with Gasteiger partial charge in [0.25, 0.3) is 5.91 Å². The number of carbonyl (C=O) groups is 2. The molecule has 0 spiro atoms. The van der Waals surface area contributed by atoms with E-state index in [2.05, 4.69) is 30.5 Å². The Morgan fingerprint density at radius 1 is 1.23 bits per heavy atom. The first-order valence-electron chi connectivity index (χ1n) is 9.37. The van der Waals surface area contributed by atoms with Crippen LogP contribution < -0.4 is 10.6 Å². The average molecular weight is 443 g/mol. The highest BCUT2D eigenvalue weighted by molar-refractivity contribution is 7.15. The highest BCUT2D eigenvalue weighted by Gasteiger charge is 2.23. The summed E-state index contributed by atoms with van der Waals surface area (Å²) in [5.74, 6) is -0.399. The first-order valence-corrected chi connectivity index (χ1v) is 10.6. The summed E-state index contributed by atoms with van der Waals surface area (Å²) in [6.07, 6.45) is 5.12. The van der Waals surface area contributed by atoms with Crippen molar-refractivity contribution in [3.63, 3.8) is 0 Å². The summed E-state index contributed by atoms with van der Waals surface area (Å²) >= 11 is 7.55. The van der Waals surface area contributed by atoms with Gasteiger partial charge in [-0.15, -0.1) is 11.3 Å². The monoisotopic (exact) mass is 442 g/mol. The molecule has 3 aromatic rings. The van der Waals surface area contributed by atoms with E-state index in [4.69, 9.17) is 11.6 Å². The summed E-state index contributed by atoms with van der Waals surface area (Å²) < 4.78 is 0. The molecule has 0 atom stereocenters. The maximum absolute atomic E-state index is 12.3. The number of nitrogens with zero attached hydrogens (tertiary/aromatic N) is 4. The van der Waals surface area contributed by atoms with Gasteiger partial charge in [0.05, 0.1) is 18.4 Å². The Kier molecular flexibility index (Phi) is 6.32. The van der Waals surface area contributed by atoms with Gasteiger partial charge in [-0.05, 0) is 11.6 Å². The molecule has 8 nitrogen and oxygen atoms in total. The van der Waals surface area contributed by atoms with Gasteiger partial charge < -0.3 is 5.32 Å². The highest BCUT2D eigenvalue weighted by atomic mass is 35.5. The minimum atomic E-state index is -0.343. The summed E-state index contributed by atoms with van der Waals surface area (Å²) in [7, 11) is 0. The molecule has 2 amide bonds. The Bertz CT molecular complexity index is 1060. The number of halogens is 1. The number of fused-ring (bicyclic) bond motifs is 1. The summed E-state index contributed by atoms with van der Waals surface area (Å²) in [5, 5.41) is 6.85. The van der Waals surface area contributed by atoms with Crippen LogP contribution in [0.25, 0.3) is 0 Å². The van der Waals surface area contributed by atoms with Crippen molar-refractivity contribution < 1.29 is 9.59 Å². The minimum absolute atomic E-state index is 0.0564. The van der Waals surface area contributed by atoms with Gasteiger partial charge in [0.2, 0.25) is 5.91 Å². The predicted molar refractivity (Wildman–Crippen MR) is 114 cm³/mol. The summed E-state index contributed by atoms with van der Waals surface area (Å²) in [4.78, 5) is 40.1. The first kappa shape index (κ1) is 20.4. The fourth-order valence-corrected chi connectivity index (χ4v) is 4.36. The van der Waals surface area contributed by atoms with Crippen molar-refractivity contribution in [2.45, 2.75) is 19.5 Å². The lowest BCUT2D eigenvalue weighted by Gasteiger charge is -2.25. The van der Waals surface area contributed by atoms with Crippen LogP contribution in [0.5, 0.6) is 0 Å². The fourth-order valence-electron chi connectivity index (χ4n) is 3.11. The number of hydrogen-bond donors (Lipinski definition) is 2. The lowest BCUT2D eigenvalue weighted by molar-refractivity contribution is -0.122. The Balaban J connectivity index is 1.31. The molecule has 0 bridgehead atoms. The zero-order valence-corrected chi connectivity index (χ0v) is 17.5. The predicted octanol–water partition coefficient (Wildman–Crippen LogP) is 2.51. The topological polar surface area (TPSA) is 100 Å². The van der Waals surface area contributed by atoms with Gasteiger partial charge in [0, 0.05) is 48.3 Å². The molecule has 2 aromatic heterocycles. The Morgan fingerprint density at radius 2 is 2.10 bits per heavy atom. The van der Waals surface area contributed by atoms with Crippen molar-refractivity contribution in [1.29, 1.82) is 0 Å². The Morgan fingerprint density at radius 3 is 2.90 bits per heavy atom. The van der Waals surface area contributed by atoms with Gasteiger partial charge in [-0.1, -0.05) is 29.8 Å². The second-order valence-corrected chi connectivity index (χ2v) is 8.25. The minimum Gasteiger partial charge on any atom is -0.351 e. The van der Waals surface area contributed by atoms with E-state index in [0.717, 1.165) is 29.1 Å². The van der Waals surface area contributed by atoms with Gasteiger partial charge in [-0.3, -0.25) is 24.8 Å². The molecule has 0 radical (unpaired) electrons. The molecule has 1 aliphatic heterocycles. The van der Waals surface area contributed by atoms with Crippen LogP contribution in [0.1, 0.15) is 26.6 Å². The molecule has 10 heteroatoms. The van der Waals surface area contributed by atoms with E-state index in [-0.39, 0.29) is 17.5 Å². The second-order valence-electron chi connectivity index (χ2n) is 6.76. The van der Waals surface area contributed by atoms with E-state index in [0.29, 0.717) is 29.8 Å². The third-order valence-electron chi connectivity index (χ3n) is 4.63. The maximum Gasteiger partial charge on any atom is 0.277 e. The molecule has 2 N–H and O–H groups in total. The Labute approximate surface area is 182 Å². The normalized spacial score (nSPS) is 13.5. The van der Waals surface area contributed by atoms with Crippen molar-refractivity contribution in [3.8, 4) is 0 Å². The van der Waals surface area contributed by atoms with Crippen molar-refractivity contribution in [2.24, 2.45) is 0 Å². The molecular weight excluding hydrogens is 424 g/mol. The van der Waals surface area contributed by atoms with Gasteiger partial charge in [0.15, 0.2) is 5.13 Å². The van der Waals surface area contributed by atoms with Crippen molar-refractivity contribution >= 4 is 39.9 Å². The molecule has 0 aliphatic carbocycles. The summed E-state index contributed by atoms with van der Waals surface area (Å²) in [5.41, 5.74) is 2.09. The van der Waals surface area contributed by atoms with Gasteiger partial charge in [0.1, 0.15) is 5.69 Å². The number of anilines is 1. The van der Waals surface area contributed by atoms with Crippen LogP contribution in [-0.2, 0) is 24.3 Å². The largest absolute Gasteiger partial charge is 0.351 e. The highest BCUT2D eigenvalue weighted by Crippen LogP contribution is 2.28. The van der Waals surface area contributed by atoms with E-state index in [9.17, 15) is 9.59 Å². The number of carbonyl (C=O) groups excluding carboxylic acids is 2. The van der Waals surface area contributed by atoms with E-state index >= 15 is 0 Å². The summed E-state index contributed by atoms with van der Waals surface area (Å²) in [6.45, 7) is 2.04. The standard InChI is InChI=1S/C20H19ClN6O2S/c21-14-4-2-1-3-13(14)9-24-18(28)12-27-8-5-15-17(11-27)30-20(25-15)26-19(29)16-10-22-6-7-23-16/h1-4,6-7,10H,5,8-9,11-12H2,(H,24,28)(H,25,26,29). The molecule has 0 saturated heterocycles. The van der Waals surface area contributed by atoms with Crippen LogP contribution in [0.2, 0.25) is 5.02 Å². The lowest BCUT2D eigenvalue weighted by Crippen LogP contribution is -2.39. The number of hydrogen-bond acceptors (Lipinski definition) is 7. The number of benzene rings is 1. The number of nitrogens with one attached hydrogen (secondary N) is 2. The Hall–Kier alpha value is -2.88. The number of aromatic nitrogens is 3. The second kappa shape index (κ2) is 9.29. The van der Waals surface area contributed by atoms with Crippen molar-refractivity contribution in [3.05, 3.63) is 69.7 Å². The van der Waals surface area contributed by atoms with E-state index in [1.807, 2.05) is 18.2 Å². The maximum atomic E-state index is 12.3. The van der Waals surface area contributed by atoms with Crippen LogP contribution in [0.15, 0.2) is 42.9 Å². The molecule has 0 saturated carbocycles. The zero-order valence-electron chi connectivity index (χ0n) is 16.0. The zero-order chi connectivity index (χ0) is 20.9. The van der Waals surface area contributed by atoms with Crippen LogP contribution in [0, 0.1) is 0 Å². The third-order valence-corrected chi connectivity index (χ3v) is 5.99. The van der Waals surface area contributed by atoms with Crippen LogP contribution in [-0.4, -0.2) is 44.8 Å². The first-order chi connectivity index (χ1) is 14.6. The third kappa shape index (κ3) is 4.99. The lowest BCUT2D eigenvalue weighted by atomic mass is 10.2. The molecule has 0 unspecified atom stereocenters. The van der Waals surface area contributed by atoms with Gasteiger partial charge in [-0.25, -0.2) is 9.97 Å². The van der Waals surface area contributed by atoms with E-state index in [1.165, 1.54) is 29.9 Å². The smallest absolute Gasteiger partial charge is 0.277 e. The van der Waals surface area contributed by atoms with Crippen LogP contribution in [0.3, 0.4) is 0 Å². The van der Waals surface area contributed by atoms with Crippen LogP contribution in [0.4, 0.5) is 5.13 Å². The van der Waals surface area contributed by atoms with Crippen LogP contribution >= 0.6 is 22.9 Å². The molecule has 4 rings (SSSR count). The van der Waals surface area contributed by atoms with Gasteiger partial charge in [-0.2, -0.15) is 0 Å². The van der Waals surface area contributed by atoms with Crippen molar-refractivity contribution in [2.75, 3.05) is 18.4 Å². The number of amides is 2. The molecule has 1 aliphatic rings. The molecule has 30 heavy (non-hydrogen) atoms. The quantitative estimate of drug-likeness (QED) is 0.608. The number of thiazole rings is 1.